The highest BCUT2D eigenvalue weighted by atomic mass is 35.5. The van der Waals surface area contributed by atoms with Gasteiger partial charge in [0.2, 0.25) is 0 Å². The summed E-state index contributed by atoms with van der Waals surface area (Å²) in [6.45, 7) is 0. The summed E-state index contributed by atoms with van der Waals surface area (Å²) < 4.78 is 13.0. The fourth-order valence-corrected chi connectivity index (χ4v) is 1.77. The number of hydrogen-bond donors (Lipinski definition) is 2. The molecule has 5 nitrogen and oxygen atoms in total. The van der Waals surface area contributed by atoms with Gasteiger partial charge >= 0.3 is 11.8 Å². The molecule has 8 heteroatoms. The van der Waals surface area contributed by atoms with Crippen LogP contribution in [-0.4, -0.2) is 16.8 Å². The molecule has 0 saturated carbocycles. The predicted molar refractivity (Wildman–Crippen MR) is 77.9 cm³/mol. The van der Waals surface area contributed by atoms with Gasteiger partial charge in [-0.15, -0.1) is 0 Å². The van der Waals surface area contributed by atoms with Crippen molar-refractivity contribution in [1.29, 1.82) is 0 Å². The van der Waals surface area contributed by atoms with Gasteiger partial charge in [0.1, 0.15) is 5.82 Å². The summed E-state index contributed by atoms with van der Waals surface area (Å²) in [6, 6.07) is 6.60. The highest BCUT2D eigenvalue weighted by molar-refractivity contribution is 6.44. The maximum Gasteiger partial charge on any atom is 0.314 e. The maximum absolute atomic E-state index is 13.0. The summed E-state index contributed by atoms with van der Waals surface area (Å²) in [5, 5.41) is 4.48. The quantitative estimate of drug-likeness (QED) is 0.657. The molecule has 0 fully saturated rings. The summed E-state index contributed by atoms with van der Waals surface area (Å²) in [7, 11) is 0. The van der Waals surface area contributed by atoms with E-state index in [-0.39, 0.29) is 21.6 Å². The summed E-state index contributed by atoms with van der Waals surface area (Å²) in [6.07, 6.45) is 1.44. The zero-order valence-corrected chi connectivity index (χ0v) is 11.9. The third kappa shape index (κ3) is 3.90. The molecule has 2 amide bonds. The Morgan fingerprint density at radius 2 is 1.81 bits per heavy atom. The van der Waals surface area contributed by atoms with Crippen molar-refractivity contribution in [3.8, 4) is 0 Å². The largest absolute Gasteiger partial charge is 0.318 e. The van der Waals surface area contributed by atoms with E-state index in [0.717, 1.165) is 6.07 Å². The van der Waals surface area contributed by atoms with Gasteiger partial charge in [0, 0.05) is 11.9 Å². The Kier molecular flexibility index (Phi) is 4.72. The van der Waals surface area contributed by atoms with Gasteiger partial charge in [-0.1, -0.05) is 23.2 Å². The zero-order valence-electron chi connectivity index (χ0n) is 10.4. The van der Waals surface area contributed by atoms with Crippen LogP contribution in [0.5, 0.6) is 0 Å². The van der Waals surface area contributed by atoms with Crippen molar-refractivity contribution in [2.24, 2.45) is 0 Å². The number of carbonyl (C=O) groups excluding carboxylic acids is 2. The highest BCUT2D eigenvalue weighted by Crippen LogP contribution is 2.20. The van der Waals surface area contributed by atoms with Crippen LogP contribution in [0.15, 0.2) is 36.5 Å². The van der Waals surface area contributed by atoms with Crippen LogP contribution in [0, 0.1) is 5.82 Å². The van der Waals surface area contributed by atoms with E-state index in [4.69, 9.17) is 23.2 Å². The number of rotatable bonds is 2. The van der Waals surface area contributed by atoms with Gasteiger partial charge in [0.05, 0.1) is 10.7 Å². The Morgan fingerprint density at radius 1 is 1.10 bits per heavy atom. The second-order valence-corrected chi connectivity index (χ2v) is 4.64. The van der Waals surface area contributed by atoms with Crippen molar-refractivity contribution in [2.45, 2.75) is 0 Å². The first-order valence-electron chi connectivity index (χ1n) is 5.65. The van der Waals surface area contributed by atoms with Crippen LogP contribution in [0.3, 0.4) is 0 Å². The summed E-state index contributed by atoms with van der Waals surface area (Å²) in [5.41, 5.74) is 0.398. The van der Waals surface area contributed by atoms with Gasteiger partial charge in [0.25, 0.3) is 0 Å². The lowest BCUT2D eigenvalue weighted by atomic mass is 10.3. The summed E-state index contributed by atoms with van der Waals surface area (Å²) in [4.78, 5) is 27.2. The smallest absolute Gasteiger partial charge is 0.314 e. The fourth-order valence-electron chi connectivity index (χ4n) is 1.42. The normalized spacial score (nSPS) is 10.0. The molecule has 0 bridgehead atoms. The predicted octanol–water partition coefficient (Wildman–Crippen LogP) is 3.10. The molecule has 0 aliphatic carbocycles. The molecular weight excluding hydrogens is 320 g/mol. The van der Waals surface area contributed by atoms with E-state index >= 15 is 0 Å². The molecule has 2 rings (SSSR count). The molecular formula is C13H8Cl2FN3O2. The van der Waals surface area contributed by atoms with E-state index in [1.807, 2.05) is 0 Å². The first-order chi connectivity index (χ1) is 9.97. The molecule has 2 N–H and O–H groups in total. The fraction of sp³-hybridized carbons (Fsp3) is 0. The van der Waals surface area contributed by atoms with Crippen LogP contribution in [0.1, 0.15) is 0 Å². The number of aromatic nitrogens is 1. The van der Waals surface area contributed by atoms with Crippen molar-refractivity contribution < 1.29 is 14.0 Å². The Hall–Kier alpha value is -2.18. The second kappa shape index (κ2) is 6.51. The number of halogens is 3. The van der Waals surface area contributed by atoms with Crippen molar-refractivity contribution in [1.82, 2.24) is 4.98 Å². The number of hydrogen-bond acceptors (Lipinski definition) is 3. The molecule has 21 heavy (non-hydrogen) atoms. The highest BCUT2D eigenvalue weighted by Gasteiger charge is 2.16. The van der Waals surface area contributed by atoms with E-state index in [0.29, 0.717) is 0 Å². The van der Waals surface area contributed by atoms with Gasteiger partial charge in [0.15, 0.2) is 5.15 Å². The number of nitrogens with zero attached hydrogens (tertiary/aromatic N) is 1. The van der Waals surface area contributed by atoms with E-state index in [1.54, 1.807) is 6.07 Å². The average Bonchev–Trinajstić information content (AvgIpc) is 2.45. The Labute approximate surface area is 129 Å². The van der Waals surface area contributed by atoms with Gasteiger partial charge in [-0.3, -0.25) is 9.59 Å². The number of benzene rings is 1. The van der Waals surface area contributed by atoms with Crippen LogP contribution < -0.4 is 10.6 Å². The van der Waals surface area contributed by atoms with Gasteiger partial charge in [-0.2, -0.15) is 0 Å². The topological polar surface area (TPSA) is 71.1 Å². The van der Waals surface area contributed by atoms with Crippen LogP contribution >= 0.6 is 23.2 Å². The third-order valence-electron chi connectivity index (χ3n) is 2.39. The van der Waals surface area contributed by atoms with Crippen molar-refractivity contribution >= 4 is 46.4 Å². The minimum Gasteiger partial charge on any atom is -0.318 e. The van der Waals surface area contributed by atoms with Gasteiger partial charge < -0.3 is 10.6 Å². The van der Waals surface area contributed by atoms with Crippen LogP contribution in [-0.2, 0) is 9.59 Å². The molecule has 0 unspecified atom stereocenters. The van der Waals surface area contributed by atoms with E-state index < -0.39 is 17.6 Å². The SMILES string of the molecule is O=C(Nc1ccc(F)c(Cl)c1)C(=O)Nc1cccnc1Cl. The summed E-state index contributed by atoms with van der Waals surface area (Å²) in [5.74, 6) is -2.51. The zero-order chi connectivity index (χ0) is 15.4. The minimum absolute atomic E-state index is 0.0588. The molecule has 1 aromatic carbocycles. The summed E-state index contributed by atoms with van der Waals surface area (Å²) >= 11 is 11.3. The third-order valence-corrected chi connectivity index (χ3v) is 2.98. The molecule has 0 saturated heterocycles. The first-order valence-corrected chi connectivity index (χ1v) is 6.41. The standard InChI is InChI=1S/C13H8Cl2FN3O2/c14-8-6-7(3-4-9(8)16)18-12(20)13(21)19-10-2-1-5-17-11(10)15/h1-6H,(H,18,20)(H,19,21). The molecule has 0 atom stereocenters. The lowest BCUT2D eigenvalue weighted by molar-refractivity contribution is -0.133. The number of amides is 2. The number of nitrogens with one attached hydrogen (secondary N) is 2. The lowest BCUT2D eigenvalue weighted by Gasteiger charge is -2.07. The molecule has 108 valence electrons. The molecule has 2 aromatic rings. The van der Waals surface area contributed by atoms with Crippen molar-refractivity contribution in [3.63, 3.8) is 0 Å². The number of pyridine rings is 1. The van der Waals surface area contributed by atoms with Gasteiger partial charge in [-0.05, 0) is 30.3 Å². The maximum atomic E-state index is 13.0. The molecule has 0 aliphatic heterocycles. The molecule has 0 spiro atoms. The Balaban J connectivity index is 2.04. The van der Waals surface area contributed by atoms with Crippen molar-refractivity contribution in [2.75, 3.05) is 10.6 Å². The lowest BCUT2D eigenvalue weighted by Crippen LogP contribution is -2.29. The number of anilines is 2. The number of carbonyl (C=O) groups is 2. The molecule has 0 aliphatic rings. The molecule has 1 aromatic heterocycles. The van der Waals surface area contributed by atoms with Crippen LogP contribution in [0.4, 0.5) is 15.8 Å². The molecule has 1 heterocycles. The first kappa shape index (κ1) is 15.2. The van der Waals surface area contributed by atoms with Crippen LogP contribution in [0.2, 0.25) is 10.2 Å². The second-order valence-electron chi connectivity index (χ2n) is 3.88. The van der Waals surface area contributed by atoms with Crippen molar-refractivity contribution in [3.05, 3.63) is 52.5 Å². The minimum atomic E-state index is -0.947. The van der Waals surface area contributed by atoms with E-state index in [2.05, 4.69) is 15.6 Å². The molecule has 0 radical (unpaired) electrons. The Morgan fingerprint density at radius 3 is 2.48 bits per heavy atom. The monoisotopic (exact) mass is 327 g/mol. The van der Waals surface area contributed by atoms with E-state index in [1.165, 1.54) is 24.4 Å². The van der Waals surface area contributed by atoms with E-state index in [9.17, 15) is 14.0 Å². The van der Waals surface area contributed by atoms with Crippen LogP contribution in [0.25, 0.3) is 0 Å². The average molecular weight is 328 g/mol. The van der Waals surface area contributed by atoms with Gasteiger partial charge in [-0.25, -0.2) is 9.37 Å². The Bertz CT molecular complexity index is 710.